The minimum Gasteiger partial charge on any atom is -0.423 e. The molecule has 0 aliphatic carbocycles. The van der Waals surface area contributed by atoms with Gasteiger partial charge in [-0.2, -0.15) is 0 Å². The Hall–Kier alpha value is -1.89. The fraction of sp³-hybridized carbons (Fsp3) is 0.0667. The van der Waals surface area contributed by atoms with Crippen molar-refractivity contribution in [2.24, 2.45) is 0 Å². The molecule has 0 aliphatic rings. The van der Waals surface area contributed by atoms with Crippen LogP contribution in [0.15, 0.2) is 59.9 Å². The van der Waals surface area contributed by atoms with Gasteiger partial charge >= 0.3 is 7.12 Å². The molecule has 1 heterocycles. The molecule has 0 saturated heterocycles. The highest BCUT2D eigenvalue weighted by Crippen LogP contribution is 2.26. The fourth-order valence-electron chi connectivity index (χ4n) is 2.03. The molecule has 3 rings (SSSR count). The van der Waals surface area contributed by atoms with E-state index in [0.29, 0.717) is 5.46 Å². The molecule has 3 aromatic rings. The summed E-state index contributed by atoms with van der Waals surface area (Å²) in [5.41, 5.74) is 2.54. The van der Waals surface area contributed by atoms with Gasteiger partial charge in [0, 0.05) is 11.1 Å². The summed E-state index contributed by atoms with van der Waals surface area (Å²) < 4.78 is 0. The second kappa shape index (κ2) is 6.26. The normalized spacial score (nSPS) is 10.8. The Balaban J connectivity index is 1.77. The van der Waals surface area contributed by atoms with E-state index < -0.39 is 7.12 Å². The van der Waals surface area contributed by atoms with Gasteiger partial charge in [0.05, 0.1) is 5.52 Å². The van der Waals surface area contributed by atoms with Gasteiger partial charge in [0.25, 0.3) is 0 Å². The molecule has 104 valence electrons. The van der Waals surface area contributed by atoms with E-state index in [1.165, 1.54) is 0 Å². The average molecular weight is 296 g/mol. The molecular weight excluding hydrogens is 283 g/mol. The maximum atomic E-state index is 9.07. The molecule has 2 aromatic carbocycles. The molecule has 0 bridgehead atoms. The SMILES string of the molecule is OB(O)c1ccc(CSc2ncnc3ccccc23)cc1. The summed E-state index contributed by atoms with van der Waals surface area (Å²) in [6, 6.07) is 15.2. The van der Waals surface area contributed by atoms with Crippen LogP contribution in [-0.4, -0.2) is 27.1 Å². The summed E-state index contributed by atoms with van der Waals surface area (Å²) in [6.07, 6.45) is 1.58. The molecule has 0 aliphatic heterocycles. The number of rotatable bonds is 4. The summed E-state index contributed by atoms with van der Waals surface area (Å²) in [5.74, 6) is 0.767. The minimum atomic E-state index is -1.42. The second-order valence-electron chi connectivity index (χ2n) is 4.60. The lowest BCUT2D eigenvalue weighted by atomic mass is 9.80. The third kappa shape index (κ3) is 3.24. The van der Waals surface area contributed by atoms with Gasteiger partial charge in [-0.05, 0) is 17.1 Å². The quantitative estimate of drug-likeness (QED) is 0.435. The Labute approximate surface area is 127 Å². The Kier molecular flexibility index (Phi) is 4.19. The first-order valence-corrected chi connectivity index (χ1v) is 7.50. The van der Waals surface area contributed by atoms with Crippen LogP contribution < -0.4 is 5.46 Å². The molecule has 0 saturated carbocycles. The zero-order valence-electron chi connectivity index (χ0n) is 11.2. The first kappa shape index (κ1) is 14.1. The van der Waals surface area contributed by atoms with Crippen LogP contribution in [0.2, 0.25) is 0 Å². The van der Waals surface area contributed by atoms with Crippen molar-refractivity contribution in [2.75, 3.05) is 0 Å². The van der Waals surface area contributed by atoms with E-state index in [0.717, 1.165) is 27.2 Å². The van der Waals surface area contributed by atoms with Gasteiger partial charge in [0.15, 0.2) is 0 Å². The van der Waals surface area contributed by atoms with Crippen LogP contribution in [-0.2, 0) is 5.75 Å². The predicted molar refractivity (Wildman–Crippen MR) is 85.4 cm³/mol. The number of hydrogen-bond acceptors (Lipinski definition) is 5. The number of nitrogens with zero attached hydrogens (tertiary/aromatic N) is 2. The van der Waals surface area contributed by atoms with Crippen LogP contribution in [0.4, 0.5) is 0 Å². The van der Waals surface area contributed by atoms with Gasteiger partial charge in [-0.1, -0.05) is 42.5 Å². The molecule has 4 nitrogen and oxygen atoms in total. The first-order valence-electron chi connectivity index (χ1n) is 6.51. The maximum absolute atomic E-state index is 9.07. The van der Waals surface area contributed by atoms with E-state index in [4.69, 9.17) is 10.0 Å². The van der Waals surface area contributed by atoms with E-state index in [9.17, 15) is 0 Å². The number of benzene rings is 2. The highest BCUT2D eigenvalue weighted by molar-refractivity contribution is 7.98. The fourth-order valence-corrected chi connectivity index (χ4v) is 2.98. The van der Waals surface area contributed by atoms with E-state index in [1.807, 2.05) is 36.4 Å². The molecule has 0 unspecified atom stereocenters. The molecule has 0 atom stereocenters. The topological polar surface area (TPSA) is 66.2 Å². The van der Waals surface area contributed by atoms with E-state index in [-0.39, 0.29) is 0 Å². The zero-order chi connectivity index (χ0) is 14.7. The van der Waals surface area contributed by atoms with Gasteiger partial charge in [0.1, 0.15) is 11.4 Å². The van der Waals surface area contributed by atoms with Gasteiger partial charge in [-0.25, -0.2) is 9.97 Å². The van der Waals surface area contributed by atoms with Crippen molar-refractivity contribution in [3.05, 3.63) is 60.4 Å². The number of thioether (sulfide) groups is 1. The largest absolute Gasteiger partial charge is 0.488 e. The highest BCUT2D eigenvalue weighted by atomic mass is 32.2. The summed E-state index contributed by atoms with van der Waals surface area (Å²) in [7, 11) is -1.42. The number of aromatic nitrogens is 2. The third-order valence-electron chi connectivity index (χ3n) is 3.16. The van der Waals surface area contributed by atoms with Gasteiger partial charge in [0.2, 0.25) is 0 Å². The van der Waals surface area contributed by atoms with E-state index in [1.54, 1.807) is 30.2 Å². The van der Waals surface area contributed by atoms with Crippen molar-refractivity contribution in [3.8, 4) is 0 Å². The van der Waals surface area contributed by atoms with Crippen LogP contribution in [0.1, 0.15) is 5.56 Å². The lowest BCUT2D eigenvalue weighted by Crippen LogP contribution is -2.29. The first-order chi connectivity index (χ1) is 10.2. The van der Waals surface area contributed by atoms with Crippen molar-refractivity contribution in [1.29, 1.82) is 0 Å². The number of para-hydroxylation sites is 1. The maximum Gasteiger partial charge on any atom is 0.488 e. The lowest BCUT2D eigenvalue weighted by Gasteiger charge is -2.05. The molecular formula is C15H13BN2O2S. The van der Waals surface area contributed by atoms with Gasteiger partial charge in [-0.3, -0.25) is 0 Å². The monoisotopic (exact) mass is 296 g/mol. The van der Waals surface area contributed by atoms with Crippen LogP contribution >= 0.6 is 11.8 Å². The molecule has 1 aromatic heterocycles. The van der Waals surface area contributed by atoms with E-state index in [2.05, 4.69) is 9.97 Å². The molecule has 0 radical (unpaired) electrons. The number of hydrogen-bond donors (Lipinski definition) is 2. The Morgan fingerprint density at radius 1 is 0.952 bits per heavy atom. The average Bonchev–Trinajstić information content (AvgIpc) is 2.53. The molecule has 0 fully saturated rings. The summed E-state index contributed by atoms with van der Waals surface area (Å²) in [5, 5.41) is 20.1. The van der Waals surface area contributed by atoms with Crippen LogP contribution in [0, 0.1) is 0 Å². The standard InChI is InChI=1S/C15H13BN2O2S/c19-16(20)12-7-5-11(6-8-12)9-21-15-13-3-1-2-4-14(13)17-10-18-15/h1-8,10,19-20H,9H2. The molecule has 2 N–H and O–H groups in total. The van der Waals surface area contributed by atoms with Crippen LogP contribution in [0.3, 0.4) is 0 Å². The Morgan fingerprint density at radius 3 is 2.48 bits per heavy atom. The zero-order valence-corrected chi connectivity index (χ0v) is 12.0. The smallest absolute Gasteiger partial charge is 0.423 e. The second-order valence-corrected chi connectivity index (χ2v) is 5.56. The predicted octanol–water partition coefficient (Wildman–Crippen LogP) is 1.60. The van der Waals surface area contributed by atoms with Crippen molar-refractivity contribution in [3.63, 3.8) is 0 Å². The lowest BCUT2D eigenvalue weighted by molar-refractivity contribution is 0.426. The van der Waals surface area contributed by atoms with E-state index >= 15 is 0 Å². The summed E-state index contributed by atoms with van der Waals surface area (Å²) >= 11 is 1.64. The molecule has 0 amide bonds. The molecule has 6 heteroatoms. The van der Waals surface area contributed by atoms with Crippen LogP contribution in [0.25, 0.3) is 10.9 Å². The molecule has 0 spiro atoms. The van der Waals surface area contributed by atoms with Crippen LogP contribution in [0.5, 0.6) is 0 Å². The van der Waals surface area contributed by atoms with Crippen molar-refractivity contribution < 1.29 is 10.0 Å². The molecule has 21 heavy (non-hydrogen) atoms. The Morgan fingerprint density at radius 2 is 1.71 bits per heavy atom. The summed E-state index contributed by atoms with van der Waals surface area (Å²) in [6.45, 7) is 0. The van der Waals surface area contributed by atoms with Gasteiger partial charge < -0.3 is 10.0 Å². The highest BCUT2D eigenvalue weighted by Gasteiger charge is 2.10. The van der Waals surface area contributed by atoms with Crippen molar-refractivity contribution >= 4 is 35.2 Å². The summed E-state index contributed by atoms with van der Waals surface area (Å²) in [4.78, 5) is 8.59. The Bertz CT molecular complexity index is 745. The van der Waals surface area contributed by atoms with Crippen molar-refractivity contribution in [2.45, 2.75) is 10.8 Å². The van der Waals surface area contributed by atoms with Crippen molar-refractivity contribution in [1.82, 2.24) is 9.97 Å². The third-order valence-corrected chi connectivity index (χ3v) is 4.24. The van der Waals surface area contributed by atoms with Gasteiger partial charge in [-0.15, -0.1) is 11.8 Å². The minimum absolute atomic E-state index is 0.497. The number of fused-ring (bicyclic) bond motifs is 1.